The number of methoxy groups -OCH3 is 2. The van der Waals surface area contributed by atoms with Crippen LogP contribution >= 0.6 is 24.0 Å². The van der Waals surface area contributed by atoms with Gasteiger partial charge in [-0.1, -0.05) is 6.07 Å². The molecule has 0 radical (unpaired) electrons. The maximum Gasteiger partial charge on any atom is 0.341 e. The summed E-state index contributed by atoms with van der Waals surface area (Å²) in [5, 5.41) is 6.49. The van der Waals surface area contributed by atoms with Gasteiger partial charge in [-0.05, 0) is 37.5 Å². The highest BCUT2D eigenvalue weighted by molar-refractivity contribution is 14.0. The van der Waals surface area contributed by atoms with E-state index in [9.17, 15) is 9.59 Å². The monoisotopic (exact) mass is 518 g/mol. The second kappa shape index (κ2) is 13.2. The molecule has 1 aromatic rings. The number of nitrogens with zero attached hydrogens (tertiary/aromatic N) is 2. The molecule has 1 heterocycles. The largest absolute Gasteiger partial charge is 0.496 e. The molecule has 1 aromatic carbocycles. The molecule has 1 aliphatic heterocycles. The van der Waals surface area contributed by atoms with E-state index < -0.39 is 5.97 Å². The molecule has 0 aromatic heterocycles. The lowest BCUT2D eigenvalue weighted by Crippen LogP contribution is -2.39. The summed E-state index contributed by atoms with van der Waals surface area (Å²) in [6, 6.07) is 5.35. The number of likely N-dealkylation sites (tertiary alicyclic amines) is 1. The first-order valence-electron chi connectivity index (χ1n) is 9.64. The number of rotatable bonds is 9. The van der Waals surface area contributed by atoms with Crippen molar-refractivity contribution in [1.29, 1.82) is 0 Å². The molecule has 9 heteroatoms. The van der Waals surface area contributed by atoms with Crippen molar-refractivity contribution in [3.8, 4) is 5.75 Å². The minimum Gasteiger partial charge on any atom is -0.496 e. The van der Waals surface area contributed by atoms with E-state index >= 15 is 0 Å². The Kier molecular flexibility index (Phi) is 11.4. The van der Waals surface area contributed by atoms with Gasteiger partial charge in [0, 0.05) is 32.6 Å². The lowest BCUT2D eigenvalue weighted by atomic mass is 10.1. The molecular weight excluding hydrogens is 487 g/mol. The van der Waals surface area contributed by atoms with Crippen LogP contribution in [0.2, 0.25) is 0 Å². The van der Waals surface area contributed by atoms with E-state index in [2.05, 4.69) is 15.6 Å². The van der Waals surface area contributed by atoms with Crippen molar-refractivity contribution in [2.24, 2.45) is 4.99 Å². The third-order valence-electron chi connectivity index (χ3n) is 4.50. The Labute approximate surface area is 189 Å². The van der Waals surface area contributed by atoms with Gasteiger partial charge in [-0.25, -0.2) is 9.79 Å². The Morgan fingerprint density at radius 2 is 2.07 bits per heavy atom. The van der Waals surface area contributed by atoms with Crippen LogP contribution in [0.5, 0.6) is 5.75 Å². The molecule has 2 rings (SSSR count). The van der Waals surface area contributed by atoms with Gasteiger partial charge in [0.05, 0.1) is 20.8 Å². The first-order valence-corrected chi connectivity index (χ1v) is 9.64. The standard InChI is InChI=1S/C20H30N4O4.HI/c1-4-21-20(22-10-6-12-24-11-5-7-18(24)25)23-14-15-8-9-17(27-2)16(13-15)19(26)28-3;/h8-9,13H,4-7,10-12,14H2,1-3H3,(H2,21,22,23);1H. The number of ether oxygens (including phenoxy) is 2. The molecule has 0 bridgehead atoms. The van der Waals surface area contributed by atoms with Gasteiger partial charge in [-0.2, -0.15) is 0 Å². The summed E-state index contributed by atoms with van der Waals surface area (Å²) < 4.78 is 10.0. The Morgan fingerprint density at radius 3 is 2.69 bits per heavy atom. The quantitative estimate of drug-likeness (QED) is 0.171. The zero-order valence-electron chi connectivity index (χ0n) is 17.3. The highest BCUT2D eigenvalue weighted by Gasteiger charge is 2.19. The van der Waals surface area contributed by atoms with Crippen molar-refractivity contribution in [1.82, 2.24) is 15.5 Å². The number of amides is 1. The normalized spacial score (nSPS) is 13.7. The smallest absolute Gasteiger partial charge is 0.341 e. The van der Waals surface area contributed by atoms with Crippen molar-refractivity contribution < 1.29 is 19.1 Å². The fourth-order valence-electron chi connectivity index (χ4n) is 3.05. The molecule has 1 aliphatic rings. The van der Waals surface area contributed by atoms with E-state index in [-0.39, 0.29) is 29.9 Å². The predicted octanol–water partition coefficient (Wildman–Crippen LogP) is 2.17. The van der Waals surface area contributed by atoms with E-state index in [1.165, 1.54) is 14.2 Å². The zero-order valence-corrected chi connectivity index (χ0v) is 19.7. The molecule has 0 atom stereocenters. The molecule has 0 spiro atoms. The SMILES string of the molecule is CCNC(=NCc1ccc(OC)c(C(=O)OC)c1)NCCCN1CCCC1=O.I. The van der Waals surface area contributed by atoms with Crippen molar-refractivity contribution >= 4 is 41.8 Å². The lowest BCUT2D eigenvalue weighted by Gasteiger charge is -2.16. The fraction of sp³-hybridized carbons (Fsp3) is 0.550. The number of hydrogen-bond acceptors (Lipinski definition) is 5. The molecule has 162 valence electrons. The van der Waals surface area contributed by atoms with Gasteiger partial charge in [0.15, 0.2) is 5.96 Å². The maximum atomic E-state index is 11.9. The molecule has 0 aliphatic carbocycles. The third-order valence-corrected chi connectivity index (χ3v) is 4.50. The van der Waals surface area contributed by atoms with E-state index in [1.807, 2.05) is 17.9 Å². The number of nitrogens with one attached hydrogen (secondary N) is 2. The number of aliphatic imine (C=N–C) groups is 1. The molecule has 1 saturated heterocycles. The van der Waals surface area contributed by atoms with Crippen molar-refractivity contribution in [3.63, 3.8) is 0 Å². The highest BCUT2D eigenvalue weighted by Crippen LogP contribution is 2.21. The van der Waals surface area contributed by atoms with Gasteiger partial charge in [0.2, 0.25) is 5.91 Å². The van der Waals surface area contributed by atoms with Crippen LogP contribution in [-0.4, -0.2) is 63.1 Å². The van der Waals surface area contributed by atoms with Crippen LogP contribution in [0.4, 0.5) is 0 Å². The molecule has 29 heavy (non-hydrogen) atoms. The van der Waals surface area contributed by atoms with Crippen LogP contribution in [0.25, 0.3) is 0 Å². The number of carbonyl (C=O) groups excluding carboxylic acids is 2. The number of halogens is 1. The summed E-state index contributed by atoms with van der Waals surface area (Å²) in [5.41, 5.74) is 1.26. The Bertz CT molecular complexity index is 712. The molecule has 2 N–H and O–H groups in total. The number of guanidine groups is 1. The molecule has 8 nitrogen and oxygen atoms in total. The molecule has 1 amide bonds. The average Bonchev–Trinajstić information content (AvgIpc) is 3.13. The maximum absolute atomic E-state index is 11.9. The van der Waals surface area contributed by atoms with Crippen LogP contribution < -0.4 is 15.4 Å². The predicted molar refractivity (Wildman–Crippen MR) is 123 cm³/mol. The summed E-state index contributed by atoms with van der Waals surface area (Å²) in [4.78, 5) is 30.0. The lowest BCUT2D eigenvalue weighted by molar-refractivity contribution is -0.127. The minimum absolute atomic E-state index is 0. The molecule has 1 fully saturated rings. The third kappa shape index (κ3) is 7.71. The Balaban J connectivity index is 0.00000420. The summed E-state index contributed by atoms with van der Waals surface area (Å²) in [6.45, 7) is 5.52. The van der Waals surface area contributed by atoms with E-state index in [0.717, 1.165) is 44.6 Å². The summed E-state index contributed by atoms with van der Waals surface area (Å²) >= 11 is 0. The summed E-state index contributed by atoms with van der Waals surface area (Å²) in [7, 11) is 2.86. The van der Waals surface area contributed by atoms with Gasteiger partial charge in [0.1, 0.15) is 11.3 Å². The first kappa shape index (κ1) is 25.0. The van der Waals surface area contributed by atoms with Crippen molar-refractivity contribution in [3.05, 3.63) is 29.3 Å². The molecular formula is C20H31IN4O4. The van der Waals surface area contributed by atoms with Gasteiger partial charge in [-0.15, -0.1) is 24.0 Å². The summed E-state index contributed by atoms with van der Waals surface area (Å²) in [5.74, 6) is 0.984. The van der Waals surface area contributed by atoms with Crippen LogP contribution in [0.1, 0.15) is 42.1 Å². The van der Waals surface area contributed by atoms with Gasteiger partial charge in [0.25, 0.3) is 0 Å². The number of carbonyl (C=O) groups is 2. The topological polar surface area (TPSA) is 92.3 Å². The minimum atomic E-state index is -0.441. The molecule has 0 unspecified atom stereocenters. The van der Waals surface area contributed by atoms with Gasteiger partial charge in [-0.3, -0.25) is 4.79 Å². The average molecular weight is 518 g/mol. The van der Waals surface area contributed by atoms with Crippen LogP contribution in [0, 0.1) is 0 Å². The van der Waals surface area contributed by atoms with Crippen molar-refractivity contribution in [2.75, 3.05) is 40.4 Å². The fourth-order valence-corrected chi connectivity index (χ4v) is 3.05. The first-order chi connectivity index (χ1) is 13.6. The molecule has 0 saturated carbocycles. The zero-order chi connectivity index (χ0) is 20.4. The number of hydrogen-bond donors (Lipinski definition) is 2. The van der Waals surface area contributed by atoms with E-state index in [0.29, 0.717) is 30.2 Å². The van der Waals surface area contributed by atoms with Crippen LogP contribution in [0.15, 0.2) is 23.2 Å². The van der Waals surface area contributed by atoms with Crippen molar-refractivity contribution in [2.45, 2.75) is 32.7 Å². The highest BCUT2D eigenvalue weighted by atomic mass is 127. The van der Waals surface area contributed by atoms with E-state index in [1.54, 1.807) is 12.1 Å². The second-order valence-corrected chi connectivity index (χ2v) is 6.49. The van der Waals surface area contributed by atoms with Crippen LogP contribution in [0.3, 0.4) is 0 Å². The Hall–Kier alpha value is -2.04. The van der Waals surface area contributed by atoms with Gasteiger partial charge >= 0.3 is 5.97 Å². The van der Waals surface area contributed by atoms with E-state index in [4.69, 9.17) is 9.47 Å². The second-order valence-electron chi connectivity index (χ2n) is 6.49. The Morgan fingerprint density at radius 1 is 1.28 bits per heavy atom. The van der Waals surface area contributed by atoms with Crippen LogP contribution in [-0.2, 0) is 16.1 Å². The number of benzene rings is 1. The van der Waals surface area contributed by atoms with Gasteiger partial charge < -0.3 is 25.0 Å². The summed E-state index contributed by atoms with van der Waals surface area (Å²) in [6.07, 6.45) is 2.50. The number of esters is 1.